The van der Waals surface area contributed by atoms with E-state index in [-0.39, 0.29) is 28.1 Å². The van der Waals surface area contributed by atoms with Gasteiger partial charge in [0.15, 0.2) is 11.6 Å². The minimum absolute atomic E-state index is 0.103. The molecular formula is C25H20Cl2O6. The molecule has 33 heavy (non-hydrogen) atoms. The third-order valence-corrected chi connectivity index (χ3v) is 5.74. The van der Waals surface area contributed by atoms with Crippen molar-refractivity contribution in [1.29, 1.82) is 0 Å². The van der Waals surface area contributed by atoms with Gasteiger partial charge in [-0.2, -0.15) is 0 Å². The minimum atomic E-state index is -1.10. The number of hydrogen-bond donors (Lipinski definition) is 2. The molecule has 0 aliphatic heterocycles. The molecule has 0 spiro atoms. The highest BCUT2D eigenvalue weighted by atomic mass is 35.5. The Bertz CT molecular complexity index is 1240. The highest BCUT2D eigenvalue weighted by molar-refractivity contribution is 6.42. The number of carbonyl (C=O) groups is 3. The molecular weight excluding hydrogens is 467 g/mol. The van der Waals surface area contributed by atoms with Crippen LogP contribution in [-0.2, 0) is 9.53 Å². The van der Waals surface area contributed by atoms with Gasteiger partial charge in [0.05, 0.1) is 21.2 Å². The summed E-state index contributed by atoms with van der Waals surface area (Å²) >= 11 is 12.1. The number of aromatic hydroxyl groups is 2. The van der Waals surface area contributed by atoms with E-state index in [0.29, 0.717) is 10.6 Å². The number of ether oxygens (including phenoxy) is 1. The lowest BCUT2D eigenvalue weighted by atomic mass is 9.85. The van der Waals surface area contributed by atoms with Crippen molar-refractivity contribution in [2.45, 2.75) is 26.4 Å². The van der Waals surface area contributed by atoms with Crippen molar-refractivity contribution in [3.63, 3.8) is 0 Å². The van der Waals surface area contributed by atoms with Gasteiger partial charge in [-0.25, -0.2) is 4.79 Å². The molecule has 0 heterocycles. The molecule has 3 rings (SSSR count). The van der Waals surface area contributed by atoms with E-state index >= 15 is 0 Å². The standard InChI is InChI=1S/C25H20Cl2O6/c1-13(2)6-10-20(33-21(31)11-7-14-4-3-5-16(26)24(14)27)15-12-19(30)22-17(28)8-9-18(29)23(22)25(15)32/h3-9,11-12,20,28-29H,10H2,1-2H3/b11-7+. The smallest absolute Gasteiger partial charge is 0.331 e. The molecule has 6 nitrogen and oxygen atoms in total. The average molecular weight is 487 g/mol. The van der Waals surface area contributed by atoms with Crippen LogP contribution in [0.5, 0.6) is 11.5 Å². The lowest BCUT2D eigenvalue weighted by Gasteiger charge is -2.23. The summed E-state index contributed by atoms with van der Waals surface area (Å²) in [6.07, 6.45) is 4.37. The molecule has 0 radical (unpaired) electrons. The van der Waals surface area contributed by atoms with Gasteiger partial charge in [-0.1, -0.05) is 47.0 Å². The zero-order chi connectivity index (χ0) is 24.3. The first-order valence-electron chi connectivity index (χ1n) is 9.91. The molecule has 0 bridgehead atoms. The number of fused-ring (bicyclic) bond motifs is 1. The van der Waals surface area contributed by atoms with Crippen molar-refractivity contribution < 1.29 is 29.3 Å². The van der Waals surface area contributed by atoms with Crippen LogP contribution < -0.4 is 0 Å². The maximum Gasteiger partial charge on any atom is 0.331 e. The van der Waals surface area contributed by atoms with Gasteiger partial charge < -0.3 is 14.9 Å². The summed E-state index contributed by atoms with van der Waals surface area (Å²) in [5.74, 6) is -3.03. The quantitative estimate of drug-likeness (QED) is 0.235. The van der Waals surface area contributed by atoms with E-state index in [4.69, 9.17) is 27.9 Å². The predicted molar refractivity (Wildman–Crippen MR) is 126 cm³/mol. The summed E-state index contributed by atoms with van der Waals surface area (Å²) in [6, 6.07) is 7.20. The molecule has 0 fully saturated rings. The second-order valence-electron chi connectivity index (χ2n) is 7.57. The third kappa shape index (κ3) is 5.35. The van der Waals surface area contributed by atoms with Gasteiger partial charge in [0.2, 0.25) is 0 Å². The van der Waals surface area contributed by atoms with Crippen molar-refractivity contribution in [2.75, 3.05) is 0 Å². The molecule has 0 saturated carbocycles. The monoisotopic (exact) mass is 486 g/mol. The highest BCUT2D eigenvalue weighted by Crippen LogP contribution is 2.36. The van der Waals surface area contributed by atoms with Crippen LogP contribution in [0.4, 0.5) is 0 Å². The van der Waals surface area contributed by atoms with Crippen LogP contribution in [0.2, 0.25) is 10.0 Å². The fraction of sp³-hybridized carbons (Fsp3) is 0.160. The van der Waals surface area contributed by atoms with Gasteiger partial charge in [0, 0.05) is 18.1 Å². The van der Waals surface area contributed by atoms with Crippen LogP contribution >= 0.6 is 23.2 Å². The molecule has 170 valence electrons. The Balaban J connectivity index is 1.92. The first-order chi connectivity index (χ1) is 15.6. The van der Waals surface area contributed by atoms with Crippen molar-refractivity contribution in [3.05, 3.63) is 86.4 Å². The molecule has 2 aromatic carbocycles. The molecule has 0 amide bonds. The Hall–Kier alpha value is -3.35. The molecule has 1 unspecified atom stereocenters. The van der Waals surface area contributed by atoms with Crippen molar-refractivity contribution in [3.8, 4) is 11.5 Å². The summed E-state index contributed by atoms with van der Waals surface area (Å²) in [4.78, 5) is 38.3. The lowest BCUT2D eigenvalue weighted by Crippen LogP contribution is -2.28. The second kappa shape index (κ2) is 10.1. The Morgan fingerprint density at radius 3 is 2.39 bits per heavy atom. The summed E-state index contributed by atoms with van der Waals surface area (Å²) < 4.78 is 5.50. The van der Waals surface area contributed by atoms with E-state index in [1.165, 1.54) is 6.08 Å². The summed E-state index contributed by atoms with van der Waals surface area (Å²) in [7, 11) is 0. The molecule has 2 aromatic rings. The molecule has 8 heteroatoms. The van der Waals surface area contributed by atoms with Crippen molar-refractivity contribution >= 4 is 46.8 Å². The molecule has 2 N–H and O–H groups in total. The van der Waals surface area contributed by atoms with Crippen LogP contribution in [0.3, 0.4) is 0 Å². The molecule has 1 atom stereocenters. The molecule has 1 aliphatic rings. The third-order valence-electron chi connectivity index (χ3n) is 4.91. The summed E-state index contributed by atoms with van der Waals surface area (Å²) in [5, 5.41) is 20.8. The van der Waals surface area contributed by atoms with Crippen molar-refractivity contribution in [2.24, 2.45) is 0 Å². The minimum Gasteiger partial charge on any atom is -0.507 e. The number of phenolic OH excluding ortho intramolecular Hbond substituents is 2. The van der Waals surface area contributed by atoms with E-state index in [9.17, 15) is 24.6 Å². The van der Waals surface area contributed by atoms with E-state index in [1.54, 1.807) is 24.3 Å². The SMILES string of the molecule is CC(C)=CCC(OC(=O)/C=C/c1cccc(Cl)c1Cl)C1=CC(=O)c2c(O)ccc(O)c2C1=O. The van der Waals surface area contributed by atoms with Crippen LogP contribution in [0, 0.1) is 0 Å². The van der Waals surface area contributed by atoms with Crippen LogP contribution in [0.25, 0.3) is 6.08 Å². The van der Waals surface area contributed by atoms with Gasteiger partial charge in [-0.3, -0.25) is 9.59 Å². The Labute approximate surface area is 200 Å². The van der Waals surface area contributed by atoms with Gasteiger partial charge in [-0.05, 0) is 49.8 Å². The predicted octanol–water partition coefficient (Wildman–Crippen LogP) is 5.69. The van der Waals surface area contributed by atoms with E-state index in [2.05, 4.69) is 0 Å². The number of Topliss-reactive ketones (excluding diaryl/α,β-unsaturated/α-hetero) is 1. The Morgan fingerprint density at radius 2 is 1.73 bits per heavy atom. The first-order valence-corrected chi connectivity index (χ1v) is 10.7. The summed E-state index contributed by atoms with van der Waals surface area (Å²) in [5.41, 5.74) is 0.699. The van der Waals surface area contributed by atoms with E-state index in [1.807, 2.05) is 13.8 Å². The fourth-order valence-corrected chi connectivity index (χ4v) is 3.66. The number of phenols is 2. The lowest BCUT2D eigenvalue weighted by molar-refractivity contribution is -0.140. The molecule has 0 aromatic heterocycles. The zero-order valence-electron chi connectivity index (χ0n) is 17.8. The normalized spacial score (nSPS) is 14.0. The van der Waals surface area contributed by atoms with E-state index < -0.39 is 35.1 Å². The fourth-order valence-electron chi connectivity index (χ4n) is 3.29. The molecule has 1 aliphatic carbocycles. The number of carbonyl (C=O) groups excluding carboxylic acids is 3. The average Bonchev–Trinajstić information content (AvgIpc) is 2.76. The molecule has 0 saturated heterocycles. The van der Waals surface area contributed by atoms with Crippen LogP contribution in [-0.4, -0.2) is 33.9 Å². The Morgan fingerprint density at radius 1 is 1.06 bits per heavy atom. The van der Waals surface area contributed by atoms with Gasteiger partial charge in [0.1, 0.15) is 17.6 Å². The number of esters is 1. The number of hydrogen-bond acceptors (Lipinski definition) is 6. The van der Waals surface area contributed by atoms with Crippen LogP contribution in [0.1, 0.15) is 46.5 Å². The largest absolute Gasteiger partial charge is 0.507 e. The number of benzene rings is 2. The first kappa shape index (κ1) is 24.3. The van der Waals surface area contributed by atoms with Gasteiger partial charge in [0.25, 0.3) is 0 Å². The number of rotatable bonds is 6. The van der Waals surface area contributed by atoms with Gasteiger partial charge in [-0.15, -0.1) is 0 Å². The second-order valence-corrected chi connectivity index (χ2v) is 8.35. The zero-order valence-corrected chi connectivity index (χ0v) is 19.3. The van der Waals surface area contributed by atoms with E-state index in [0.717, 1.165) is 29.9 Å². The Kier molecular flexibility index (Phi) is 7.41. The number of ketones is 2. The van der Waals surface area contributed by atoms with Crippen LogP contribution in [0.15, 0.2) is 59.7 Å². The summed E-state index contributed by atoms with van der Waals surface area (Å²) in [6.45, 7) is 3.67. The van der Waals surface area contributed by atoms with Crippen molar-refractivity contribution in [1.82, 2.24) is 0 Å². The topological polar surface area (TPSA) is 101 Å². The van der Waals surface area contributed by atoms with Gasteiger partial charge >= 0.3 is 5.97 Å². The number of halogens is 2. The maximum absolute atomic E-state index is 13.1. The number of allylic oxidation sites excluding steroid dienone is 2. The highest BCUT2D eigenvalue weighted by Gasteiger charge is 2.35. The maximum atomic E-state index is 13.1.